The largest absolute Gasteiger partial charge is 0.239 e. The molecule has 0 aromatic heterocycles. The average molecular weight is 176 g/mol. The van der Waals surface area contributed by atoms with Crippen molar-refractivity contribution in [2.75, 3.05) is 6.26 Å². The van der Waals surface area contributed by atoms with Crippen LogP contribution in [0.2, 0.25) is 0 Å². The van der Waals surface area contributed by atoms with E-state index >= 15 is 0 Å². The van der Waals surface area contributed by atoms with Gasteiger partial charge in [-0.15, -0.1) is 0 Å². The first-order valence-corrected chi connectivity index (χ1v) is 6.41. The van der Waals surface area contributed by atoms with Crippen LogP contribution < -0.4 is 0 Å². The van der Waals surface area contributed by atoms with E-state index in [9.17, 15) is 0 Å². The molecule has 1 atom stereocenters. The Bertz CT molecular complexity index is 62.7. The van der Waals surface area contributed by atoms with Gasteiger partial charge >= 0.3 is 0 Å². The van der Waals surface area contributed by atoms with Crippen molar-refractivity contribution < 1.29 is 9.59 Å². The third-order valence-electron chi connectivity index (χ3n) is 0.222. The van der Waals surface area contributed by atoms with Gasteiger partial charge in [0.2, 0.25) is 0 Å². The molecule has 0 aromatic rings. The van der Waals surface area contributed by atoms with Crippen LogP contribution in [0.5, 0.6) is 0 Å². The minimum atomic E-state index is -0.333. The molecule has 44 valence electrons. The van der Waals surface area contributed by atoms with E-state index in [0.717, 1.165) is 11.1 Å². The highest BCUT2D eigenvalue weighted by atomic mass is 33.7. The summed E-state index contributed by atoms with van der Waals surface area (Å²) in [5.74, 6) is 0. The molecule has 1 unspecified atom stereocenters. The third kappa shape index (κ3) is 5.05. The highest BCUT2D eigenvalue weighted by Gasteiger charge is 1.88. The van der Waals surface area contributed by atoms with Gasteiger partial charge in [0, 0.05) is 7.52 Å². The second-order valence-corrected chi connectivity index (χ2v) is 7.85. The van der Waals surface area contributed by atoms with Gasteiger partial charge in [-0.3, -0.25) is 0 Å². The topological polar surface area (TPSA) is 29.5 Å². The van der Waals surface area contributed by atoms with Gasteiger partial charge in [-0.2, -0.15) is 4.33 Å². The van der Waals surface area contributed by atoms with Crippen molar-refractivity contribution >= 4 is 40.6 Å². The van der Waals surface area contributed by atoms with E-state index < -0.39 is 0 Å². The minimum Gasteiger partial charge on any atom is -0.239 e. The second-order valence-electron chi connectivity index (χ2n) is 0.513. The molecule has 0 spiro atoms. The van der Waals surface area contributed by atoms with Crippen LogP contribution in [-0.2, 0) is 23.0 Å². The van der Waals surface area contributed by atoms with Gasteiger partial charge in [-0.1, -0.05) is 10.8 Å². The van der Waals surface area contributed by atoms with Crippen molar-refractivity contribution in [1.29, 1.82) is 0 Å². The molecule has 0 rings (SSSR count). The maximum absolute atomic E-state index is 7.76. The summed E-state index contributed by atoms with van der Waals surface area (Å²) in [5.41, 5.74) is 0. The predicted molar refractivity (Wildman–Crippen MR) is 39.5 cm³/mol. The van der Waals surface area contributed by atoms with Gasteiger partial charge in [-0.25, -0.2) is 5.26 Å². The Balaban J connectivity index is 3.00. The molecule has 0 aromatic carbocycles. The standard InChI is InChI=1S/CH4O2S4/c1-5-7(4)6-3-2/h2H,1H3. The summed E-state index contributed by atoms with van der Waals surface area (Å²) in [6.07, 6.45) is 1.86. The zero-order valence-corrected chi connectivity index (χ0v) is 6.75. The lowest BCUT2D eigenvalue weighted by Gasteiger charge is -1.90. The molecule has 0 fully saturated rings. The van der Waals surface area contributed by atoms with Crippen molar-refractivity contribution in [2.24, 2.45) is 0 Å². The first-order valence-electron chi connectivity index (χ1n) is 1.26. The lowest BCUT2D eigenvalue weighted by molar-refractivity contribution is -0.114. The molecule has 0 aliphatic heterocycles. The lowest BCUT2D eigenvalue weighted by atomic mass is 12.0. The quantitative estimate of drug-likeness (QED) is 0.304. The normalized spacial score (nSPS) is 14.0. The Kier molecular flexibility index (Phi) is 6.24. The first kappa shape index (κ1) is 8.19. The van der Waals surface area contributed by atoms with Crippen LogP contribution in [0.1, 0.15) is 0 Å². The maximum atomic E-state index is 7.76. The predicted octanol–water partition coefficient (Wildman–Crippen LogP) is 1.40. The van der Waals surface area contributed by atoms with Gasteiger partial charge in [0.25, 0.3) is 0 Å². The number of hydrogen-bond acceptors (Lipinski definition) is 5. The molecule has 0 bridgehead atoms. The number of hydrogen-bond donors (Lipinski definition) is 1. The molecule has 2 nitrogen and oxygen atoms in total. The highest BCUT2D eigenvalue weighted by molar-refractivity contribution is 9.11. The summed E-state index contributed by atoms with van der Waals surface area (Å²) in [4.78, 5) is 0. The average Bonchev–Trinajstić information content (AvgIpc) is 1.68. The highest BCUT2D eigenvalue weighted by Crippen LogP contribution is 2.17. The van der Waals surface area contributed by atoms with Crippen LogP contribution in [0.25, 0.3) is 0 Å². The summed E-state index contributed by atoms with van der Waals surface area (Å²) < 4.78 is 3.70. The fraction of sp³-hybridized carbons (Fsp3) is 1.00. The Morgan fingerprint density at radius 1 is 1.86 bits per heavy atom. The molecule has 0 heterocycles. The Morgan fingerprint density at radius 3 is 2.57 bits per heavy atom. The molecular formula is CH4O2S4. The zero-order valence-electron chi connectivity index (χ0n) is 3.49. The molecular weight excluding hydrogens is 172 g/mol. The van der Waals surface area contributed by atoms with Crippen molar-refractivity contribution in [1.82, 2.24) is 0 Å². The van der Waals surface area contributed by atoms with Crippen molar-refractivity contribution in [3.05, 3.63) is 0 Å². The molecule has 0 amide bonds. The molecule has 0 aliphatic rings. The summed E-state index contributed by atoms with van der Waals surface area (Å²) in [7, 11) is 1.14. The number of rotatable bonds is 3. The minimum absolute atomic E-state index is 0.333. The Morgan fingerprint density at radius 2 is 2.43 bits per heavy atom. The fourth-order valence-electron chi connectivity index (χ4n) is 0.0526. The lowest BCUT2D eigenvalue weighted by Crippen LogP contribution is -1.69. The van der Waals surface area contributed by atoms with E-state index in [1.807, 2.05) is 6.26 Å². The maximum Gasteiger partial charge on any atom is 0.117 e. The summed E-state index contributed by atoms with van der Waals surface area (Å²) >= 11 is 5.60. The zero-order chi connectivity index (χ0) is 5.70. The summed E-state index contributed by atoms with van der Waals surface area (Å²) in [6.45, 7) is 0. The van der Waals surface area contributed by atoms with E-state index in [0.29, 0.717) is 0 Å². The van der Waals surface area contributed by atoms with E-state index in [1.54, 1.807) is 0 Å². The van der Waals surface area contributed by atoms with Crippen LogP contribution in [-0.4, -0.2) is 11.5 Å². The van der Waals surface area contributed by atoms with E-state index in [4.69, 9.17) is 16.4 Å². The van der Waals surface area contributed by atoms with Crippen LogP contribution in [0.3, 0.4) is 0 Å². The Hall–Kier alpha value is 1.19. The summed E-state index contributed by atoms with van der Waals surface area (Å²) in [5, 5.41) is 7.76. The molecule has 0 radical (unpaired) electrons. The Labute approximate surface area is 56.5 Å². The van der Waals surface area contributed by atoms with Crippen LogP contribution in [0.4, 0.5) is 0 Å². The third-order valence-corrected chi connectivity index (χ3v) is 5.45. The van der Waals surface area contributed by atoms with E-state index in [-0.39, 0.29) is 7.52 Å². The van der Waals surface area contributed by atoms with Gasteiger partial charge in [0.15, 0.2) is 0 Å². The monoisotopic (exact) mass is 176 g/mol. The second kappa shape index (κ2) is 5.33. The van der Waals surface area contributed by atoms with E-state index in [1.165, 1.54) is 10.8 Å². The smallest absolute Gasteiger partial charge is 0.117 e. The molecule has 6 heteroatoms. The van der Waals surface area contributed by atoms with Crippen LogP contribution >= 0.6 is 21.9 Å². The van der Waals surface area contributed by atoms with E-state index in [2.05, 4.69) is 4.33 Å². The van der Waals surface area contributed by atoms with Crippen LogP contribution in [0, 0.1) is 0 Å². The first-order chi connectivity index (χ1) is 3.31. The fourth-order valence-corrected chi connectivity index (χ4v) is 1.42. The van der Waals surface area contributed by atoms with Crippen molar-refractivity contribution in [2.45, 2.75) is 0 Å². The van der Waals surface area contributed by atoms with Crippen molar-refractivity contribution in [3.8, 4) is 0 Å². The van der Waals surface area contributed by atoms with Gasteiger partial charge in [0.05, 0.1) is 0 Å². The van der Waals surface area contributed by atoms with Crippen molar-refractivity contribution in [3.63, 3.8) is 0 Å². The van der Waals surface area contributed by atoms with Gasteiger partial charge in [-0.05, 0) is 17.4 Å². The molecule has 0 saturated carbocycles. The van der Waals surface area contributed by atoms with Crippen LogP contribution in [0.15, 0.2) is 0 Å². The molecule has 0 saturated heterocycles. The molecule has 0 aliphatic carbocycles. The van der Waals surface area contributed by atoms with Gasteiger partial charge in [0.1, 0.15) is 11.1 Å². The van der Waals surface area contributed by atoms with Gasteiger partial charge < -0.3 is 0 Å². The summed E-state index contributed by atoms with van der Waals surface area (Å²) in [6, 6.07) is 0. The molecule has 7 heavy (non-hydrogen) atoms. The molecule has 1 N–H and O–H groups in total. The SMILES string of the molecule is CSS(=S)SOO.